The molecule has 1 saturated carbocycles. The van der Waals surface area contributed by atoms with Crippen LogP contribution in [0.5, 0.6) is 0 Å². The van der Waals surface area contributed by atoms with E-state index in [9.17, 15) is 9.59 Å². The number of thiophene rings is 1. The quantitative estimate of drug-likeness (QED) is 0.618. The standard InChI is InChI=1S/C21H27N3O2S/c1-3-19(25)22-16-11-10-14(2)17(13-16)23-21(26)24-20(15-7-4-5-8-15)18-9-6-12-27-18/h6,9-13,15,20H,3-5,7-8H2,1-2H3,(H,22,25)(H2,23,24,26). The first-order valence-electron chi connectivity index (χ1n) is 9.58. The molecule has 1 fully saturated rings. The first-order chi connectivity index (χ1) is 13.1. The SMILES string of the molecule is CCC(=O)Nc1ccc(C)c(NC(=O)NC(c2cccs2)C2CCCC2)c1. The summed E-state index contributed by atoms with van der Waals surface area (Å²) in [6, 6.07) is 9.52. The molecule has 27 heavy (non-hydrogen) atoms. The van der Waals surface area contributed by atoms with E-state index in [0.29, 0.717) is 23.7 Å². The Morgan fingerprint density at radius 3 is 2.63 bits per heavy atom. The fourth-order valence-corrected chi connectivity index (χ4v) is 4.43. The van der Waals surface area contributed by atoms with Gasteiger partial charge in [-0.05, 0) is 54.8 Å². The minimum atomic E-state index is -0.206. The molecule has 3 amide bonds. The highest BCUT2D eigenvalue weighted by Gasteiger charge is 2.28. The molecule has 144 valence electrons. The lowest BCUT2D eigenvalue weighted by molar-refractivity contribution is -0.115. The minimum absolute atomic E-state index is 0.0479. The van der Waals surface area contributed by atoms with Crippen molar-refractivity contribution in [3.05, 3.63) is 46.2 Å². The number of nitrogens with one attached hydrogen (secondary N) is 3. The maximum Gasteiger partial charge on any atom is 0.319 e. The van der Waals surface area contributed by atoms with Crippen LogP contribution < -0.4 is 16.0 Å². The molecule has 1 aromatic carbocycles. The summed E-state index contributed by atoms with van der Waals surface area (Å²) in [6.07, 6.45) is 5.18. The van der Waals surface area contributed by atoms with Gasteiger partial charge in [-0.3, -0.25) is 4.79 Å². The Kier molecular flexibility index (Phi) is 6.50. The second kappa shape index (κ2) is 9.04. The van der Waals surface area contributed by atoms with Gasteiger partial charge in [0.15, 0.2) is 0 Å². The molecule has 1 heterocycles. The van der Waals surface area contributed by atoms with E-state index < -0.39 is 0 Å². The van der Waals surface area contributed by atoms with Crippen LogP contribution in [-0.4, -0.2) is 11.9 Å². The van der Waals surface area contributed by atoms with Gasteiger partial charge in [0.25, 0.3) is 0 Å². The fourth-order valence-electron chi connectivity index (χ4n) is 3.56. The average Bonchev–Trinajstić information content (AvgIpc) is 3.36. The van der Waals surface area contributed by atoms with E-state index in [-0.39, 0.29) is 18.0 Å². The number of carbonyl (C=O) groups is 2. The summed E-state index contributed by atoms with van der Waals surface area (Å²) in [7, 11) is 0. The molecule has 0 bridgehead atoms. The number of benzene rings is 1. The van der Waals surface area contributed by atoms with Gasteiger partial charge in [0, 0.05) is 22.7 Å². The second-order valence-electron chi connectivity index (χ2n) is 7.07. The number of hydrogen-bond donors (Lipinski definition) is 3. The van der Waals surface area contributed by atoms with Crippen molar-refractivity contribution >= 4 is 34.6 Å². The van der Waals surface area contributed by atoms with Crippen LogP contribution in [0.25, 0.3) is 0 Å². The molecule has 0 saturated heterocycles. The zero-order valence-electron chi connectivity index (χ0n) is 15.9. The molecule has 0 radical (unpaired) electrons. The molecule has 1 aromatic heterocycles. The number of anilines is 2. The highest BCUT2D eigenvalue weighted by molar-refractivity contribution is 7.10. The van der Waals surface area contributed by atoms with Crippen LogP contribution >= 0.6 is 11.3 Å². The smallest absolute Gasteiger partial charge is 0.319 e. The molecule has 6 heteroatoms. The highest BCUT2D eigenvalue weighted by Crippen LogP contribution is 2.37. The van der Waals surface area contributed by atoms with Crippen LogP contribution in [0.2, 0.25) is 0 Å². The van der Waals surface area contributed by atoms with Crippen molar-refractivity contribution < 1.29 is 9.59 Å². The number of rotatable bonds is 6. The van der Waals surface area contributed by atoms with E-state index in [1.807, 2.05) is 32.0 Å². The molecular formula is C21H27N3O2S. The van der Waals surface area contributed by atoms with Crippen molar-refractivity contribution in [1.29, 1.82) is 0 Å². The van der Waals surface area contributed by atoms with Crippen LogP contribution in [-0.2, 0) is 4.79 Å². The first-order valence-corrected chi connectivity index (χ1v) is 10.5. The van der Waals surface area contributed by atoms with Crippen molar-refractivity contribution in [1.82, 2.24) is 5.32 Å². The third kappa shape index (κ3) is 5.10. The Morgan fingerprint density at radius 2 is 1.96 bits per heavy atom. The Labute approximate surface area is 164 Å². The van der Waals surface area contributed by atoms with E-state index in [1.165, 1.54) is 17.7 Å². The Balaban J connectivity index is 1.70. The highest BCUT2D eigenvalue weighted by atomic mass is 32.1. The molecule has 0 aliphatic heterocycles. The van der Waals surface area contributed by atoms with Gasteiger partial charge in [0.1, 0.15) is 0 Å². The summed E-state index contributed by atoms with van der Waals surface area (Å²) < 4.78 is 0. The molecule has 1 atom stereocenters. The van der Waals surface area contributed by atoms with E-state index in [0.717, 1.165) is 18.4 Å². The molecule has 3 N–H and O–H groups in total. The lowest BCUT2D eigenvalue weighted by Crippen LogP contribution is -2.35. The third-order valence-electron chi connectivity index (χ3n) is 5.10. The van der Waals surface area contributed by atoms with E-state index in [1.54, 1.807) is 17.4 Å². The fraction of sp³-hybridized carbons (Fsp3) is 0.429. The maximum absolute atomic E-state index is 12.7. The van der Waals surface area contributed by atoms with E-state index in [2.05, 4.69) is 27.4 Å². The molecule has 0 spiro atoms. The van der Waals surface area contributed by atoms with Crippen molar-refractivity contribution in [2.24, 2.45) is 5.92 Å². The van der Waals surface area contributed by atoms with E-state index in [4.69, 9.17) is 0 Å². The summed E-state index contributed by atoms with van der Waals surface area (Å²) in [6.45, 7) is 3.75. The van der Waals surface area contributed by atoms with Gasteiger partial charge in [-0.1, -0.05) is 31.9 Å². The summed E-state index contributed by atoms with van der Waals surface area (Å²) in [4.78, 5) is 25.5. The van der Waals surface area contributed by atoms with Gasteiger partial charge < -0.3 is 16.0 Å². The predicted octanol–water partition coefficient (Wildman–Crippen LogP) is 5.46. The lowest BCUT2D eigenvalue weighted by Gasteiger charge is -2.24. The Bertz CT molecular complexity index is 783. The van der Waals surface area contributed by atoms with Gasteiger partial charge in [-0.2, -0.15) is 0 Å². The van der Waals surface area contributed by atoms with Gasteiger partial charge in [0.2, 0.25) is 5.91 Å². The summed E-state index contributed by atoms with van der Waals surface area (Å²) >= 11 is 1.69. The number of hydrogen-bond acceptors (Lipinski definition) is 3. The largest absolute Gasteiger partial charge is 0.330 e. The minimum Gasteiger partial charge on any atom is -0.330 e. The zero-order valence-corrected chi connectivity index (χ0v) is 16.7. The van der Waals surface area contributed by atoms with Crippen molar-refractivity contribution in [2.75, 3.05) is 10.6 Å². The average molecular weight is 386 g/mol. The van der Waals surface area contributed by atoms with Crippen molar-refractivity contribution in [2.45, 2.75) is 52.0 Å². The van der Waals surface area contributed by atoms with Crippen LogP contribution in [0.4, 0.5) is 16.2 Å². The van der Waals surface area contributed by atoms with E-state index >= 15 is 0 Å². The van der Waals surface area contributed by atoms with Gasteiger partial charge in [-0.15, -0.1) is 11.3 Å². The van der Waals surface area contributed by atoms with Crippen LogP contribution in [0.3, 0.4) is 0 Å². The Morgan fingerprint density at radius 1 is 1.19 bits per heavy atom. The first kappa shape index (κ1) is 19.4. The van der Waals surface area contributed by atoms with Crippen molar-refractivity contribution in [3.63, 3.8) is 0 Å². The number of amides is 3. The van der Waals surface area contributed by atoms with Crippen molar-refractivity contribution in [3.8, 4) is 0 Å². The number of urea groups is 1. The summed E-state index contributed by atoms with van der Waals surface area (Å²) in [5.41, 5.74) is 2.35. The number of aryl methyl sites for hydroxylation is 1. The summed E-state index contributed by atoms with van der Waals surface area (Å²) in [5.74, 6) is 0.443. The Hall–Kier alpha value is -2.34. The topological polar surface area (TPSA) is 70.2 Å². The molecule has 5 nitrogen and oxygen atoms in total. The molecule has 1 unspecified atom stereocenters. The summed E-state index contributed by atoms with van der Waals surface area (Å²) in [5, 5.41) is 11.0. The third-order valence-corrected chi connectivity index (χ3v) is 6.05. The lowest BCUT2D eigenvalue weighted by atomic mass is 9.97. The van der Waals surface area contributed by atoms with Crippen LogP contribution in [0.1, 0.15) is 55.5 Å². The number of carbonyl (C=O) groups excluding carboxylic acids is 2. The molecule has 1 aliphatic rings. The van der Waals surface area contributed by atoms with Crippen LogP contribution in [0.15, 0.2) is 35.7 Å². The molecule has 1 aliphatic carbocycles. The second-order valence-corrected chi connectivity index (χ2v) is 8.05. The van der Waals surface area contributed by atoms with Gasteiger partial charge >= 0.3 is 6.03 Å². The predicted molar refractivity (Wildman–Crippen MR) is 111 cm³/mol. The van der Waals surface area contributed by atoms with Gasteiger partial charge in [0.05, 0.1) is 6.04 Å². The maximum atomic E-state index is 12.7. The molecule has 2 aromatic rings. The normalized spacial score (nSPS) is 15.3. The zero-order chi connectivity index (χ0) is 19.2. The van der Waals surface area contributed by atoms with Gasteiger partial charge in [-0.25, -0.2) is 4.79 Å². The van der Waals surface area contributed by atoms with Crippen LogP contribution in [0, 0.1) is 12.8 Å². The molecular weight excluding hydrogens is 358 g/mol. The monoisotopic (exact) mass is 385 g/mol. The molecule has 3 rings (SSSR count).